The molecule has 1 rings (SSSR count). The Morgan fingerprint density at radius 2 is 2.08 bits per heavy atom. The van der Waals surface area contributed by atoms with Gasteiger partial charge in [0.2, 0.25) is 0 Å². The molecule has 0 aliphatic heterocycles. The molecule has 0 saturated heterocycles. The first-order valence-electron chi connectivity index (χ1n) is 4.70. The Labute approximate surface area is 78.4 Å². The molecule has 0 aromatic heterocycles. The number of hydrogen-bond acceptors (Lipinski definition) is 3. The van der Waals surface area contributed by atoms with Crippen molar-refractivity contribution in [3.8, 4) is 0 Å². The summed E-state index contributed by atoms with van der Waals surface area (Å²) in [5, 5.41) is 9.50. The van der Waals surface area contributed by atoms with Crippen molar-refractivity contribution in [1.29, 1.82) is 0 Å². The lowest BCUT2D eigenvalue weighted by Crippen LogP contribution is -2.33. The second-order valence-electron chi connectivity index (χ2n) is 4.86. The van der Waals surface area contributed by atoms with Crippen LogP contribution >= 0.6 is 0 Å². The van der Waals surface area contributed by atoms with Gasteiger partial charge in [-0.3, -0.25) is 0 Å². The smallest absolute Gasteiger partial charge is 0.294 e. The third-order valence-electron chi connectivity index (χ3n) is 2.58. The maximum atomic E-state index is 10.2. The highest BCUT2D eigenvalue weighted by atomic mass is 17.0. The van der Waals surface area contributed by atoms with Crippen LogP contribution in [-0.4, -0.2) is 11.2 Å². The Morgan fingerprint density at radius 3 is 2.54 bits per heavy atom. The van der Waals surface area contributed by atoms with Crippen molar-refractivity contribution in [2.75, 3.05) is 0 Å². The molecule has 4 heteroatoms. The first-order chi connectivity index (χ1) is 5.89. The predicted molar refractivity (Wildman–Crippen MR) is 48.7 cm³/mol. The third kappa shape index (κ3) is 3.20. The molecule has 0 radical (unpaired) electrons. The van der Waals surface area contributed by atoms with Gasteiger partial charge in [0.05, 0.1) is 0 Å². The zero-order chi connectivity index (χ0) is 10.1. The van der Waals surface area contributed by atoms with Crippen LogP contribution in [0, 0.1) is 21.4 Å². The highest BCUT2D eigenvalue weighted by molar-refractivity contribution is 4.82. The summed E-state index contributed by atoms with van der Waals surface area (Å²) < 4.78 is 0. The molecule has 2 atom stereocenters. The van der Waals surface area contributed by atoms with Gasteiger partial charge in [-0.25, -0.2) is 0 Å². The van der Waals surface area contributed by atoms with Crippen LogP contribution in [0.4, 0.5) is 0 Å². The SMILES string of the molecule is CC1CC(O[N+](=O)[O-])CC(C)(C)C1. The first kappa shape index (κ1) is 10.3. The number of hydrogen-bond donors (Lipinski definition) is 0. The summed E-state index contributed by atoms with van der Waals surface area (Å²) in [6, 6.07) is 0. The molecule has 1 aliphatic rings. The Kier molecular flexibility index (Phi) is 2.78. The van der Waals surface area contributed by atoms with Gasteiger partial charge in [-0.2, -0.15) is 0 Å². The van der Waals surface area contributed by atoms with Crippen LogP contribution in [-0.2, 0) is 4.84 Å². The van der Waals surface area contributed by atoms with E-state index in [9.17, 15) is 10.1 Å². The van der Waals surface area contributed by atoms with E-state index in [-0.39, 0.29) is 11.5 Å². The van der Waals surface area contributed by atoms with E-state index in [0.29, 0.717) is 5.92 Å². The molecule has 4 nitrogen and oxygen atoms in total. The van der Waals surface area contributed by atoms with E-state index < -0.39 is 5.09 Å². The summed E-state index contributed by atoms with van der Waals surface area (Å²) in [6.07, 6.45) is 2.53. The van der Waals surface area contributed by atoms with E-state index in [4.69, 9.17) is 0 Å². The minimum Gasteiger partial charge on any atom is -0.311 e. The van der Waals surface area contributed by atoms with Crippen molar-refractivity contribution < 1.29 is 9.92 Å². The van der Waals surface area contributed by atoms with Crippen molar-refractivity contribution in [1.82, 2.24) is 0 Å². The minimum absolute atomic E-state index is 0.179. The van der Waals surface area contributed by atoms with Crippen LogP contribution in [0.3, 0.4) is 0 Å². The Bertz CT molecular complexity index is 203. The average Bonchev–Trinajstić information content (AvgIpc) is 1.78. The Balaban J connectivity index is 2.52. The lowest BCUT2D eigenvalue weighted by Gasteiger charge is -2.37. The van der Waals surface area contributed by atoms with Gasteiger partial charge in [0.15, 0.2) is 0 Å². The largest absolute Gasteiger partial charge is 0.311 e. The van der Waals surface area contributed by atoms with Gasteiger partial charge in [-0.15, -0.1) is 10.1 Å². The van der Waals surface area contributed by atoms with Crippen LogP contribution in [0.1, 0.15) is 40.0 Å². The van der Waals surface area contributed by atoms with Crippen LogP contribution in [0.15, 0.2) is 0 Å². The molecule has 1 aliphatic carbocycles. The Morgan fingerprint density at radius 1 is 1.46 bits per heavy atom. The van der Waals surface area contributed by atoms with Crippen molar-refractivity contribution in [2.24, 2.45) is 11.3 Å². The summed E-state index contributed by atoms with van der Waals surface area (Å²) in [6.45, 7) is 6.40. The molecule has 0 aromatic rings. The van der Waals surface area contributed by atoms with Crippen molar-refractivity contribution in [3.05, 3.63) is 10.1 Å². The van der Waals surface area contributed by atoms with Gasteiger partial charge in [0.1, 0.15) is 6.10 Å². The number of nitrogens with zero attached hydrogens (tertiary/aromatic N) is 1. The summed E-state index contributed by atoms with van der Waals surface area (Å²) in [4.78, 5) is 14.8. The third-order valence-corrected chi connectivity index (χ3v) is 2.58. The highest BCUT2D eigenvalue weighted by Crippen LogP contribution is 2.39. The maximum absolute atomic E-state index is 10.2. The topological polar surface area (TPSA) is 52.4 Å². The van der Waals surface area contributed by atoms with Crippen molar-refractivity contribution in [2.45, 2.75) is 46.1 Å². The van der Waals surface area contributed by atoms with Gasteiger partial charge in [-0.1, -0.05) is 20.8 Å². The molecule has 0 bridgehead atoms. The molecule has 0 amide bonds. The summed E-state index contributed by atoms with van der Waals surface area (Å²) in [5.74, 6) is 0.522. The summed E-state index contributed by atoms with van der Waals surface area (Å²) >= 11 is 0. The van der Waals surface area contributed by atoms with Crippen LogP contribution in [0.25, 0.3) is 0 Å². The fourth-order valence-corrected chi connectivity index (χ4v) is 2.46. The fourth-order valence-electron chi connectivity index (χ4n) is 2.46. The first-order valence-corrected chi connectivity index (χ1v) is 4.70. The van der Waals surface area contributed by atoms with E-state index in [1.807, 2.05) is 0 Å². The standard InChI is InChI=1S/C9H17NO3/c1-7-4-8(13-10(11)12)6-9(2,3)5-7/h7-8H,4-6H2,1-3H3. The molecule has 0 spiro atoms. The quantitative estimate of drug-likeness (QED) is 0.492. The van der Waals surface area contributed by atoms with E-state index in [2.05, 4.69) is 25.6 Å². The maximum Gasteiger partial charge on any atom is 0.294 e. The molecular weight excluding hydrogens is 170 g/mol. The van der Waals surface area contributed by atoms with Gasteiger partial charge in [0, 0.05) is 0 Å². The average molecular weight is 187 g/mol. The lowest BCUT2D eigenvalue weighted by atomic mass is 9.71. The van der Waals surface area contributed by atoms with Crippen LogP contribution in [0.5, 0.6) is 0 Å². The van der Waals surface area contributed by atoms with E-state index in [1.54, 1.807) is 0 Å². The second kappa shape index (κ2) is 3.52. The molecule has 0 N–H and O–H groups in total. The zero-order valence-corrected chi connectivity index (χ0v) is 8.45. The zero-order valence-electron chi connectivity index (χ0n) is 8.45. The van der Waals surface area contributed by atoms with Gasteiger partial charge in [-0.05, 0) is 30.6 Å². The number of rotatable bonds is 2. The van der Waals surface area contributed by atoms with Gasteiger partial charge >= 0.3 is 0 Å². The van der Waals surface area contributed by atoms with Gasteiger partial charge < -0.3 is 4.84 Å². The molecule has 13 heavy (non-hydrogen) atoms. The molecular formula is C9H17NO3. The normalized spacial score (nSPS) is 32.5. The second-order valence-corrected chi connectivity index (χ2v) is 4.86. The summed E-state index contributed by atoms with van der Waals surface area (Å²) in [5.41, 5.74) is 0.179. The molecule has 0 heterocycles. The molecule has 2 unspecified atom stereocenters. The fraction of sp³-hybridized carbons (Fsp3) is 1.00. The van der Waals surface area contributed by atoms with E-state index >= 15 is 0 Å². The van der Waals surface area contributed by atoms with Crippen molar-refractivity contribution in [3.63, 3.8) is 0 Å². The lowest BCUT2D eigenvalue weighted by molar-refractivity contribution is -0.770. The monoisotopic (exact) mass is 187 g/mol. The highest BCUT2D eigenvalue weighted by Gasteiger charge is 2.33. The van der Waals surface area contributed by atoms with E-state index in [0.717, 1.165) is 19.3 Å². The molecule has 0 aromatic carbocycles. The molecule has 76 valence electrons. The van der Waals surface area contributed by atoms with Crippen LogP contribution < -0.4 is 0 Å². The molecule has 1 saturated carbocycles. The van der Waals surface area contributed by atoms with Crippen LogP contribution in [0.2, 0.25) is 0 Å². The Hall–Kier alpha value is -0.800. The predicted octanol–water partition coefficient (Wildman–Crippen LogP) is 2.41. The minimum atomic E-state index is -0.668. The van der Waals surface area contributed by atoms with Gasteiger partial charge in [0.25, 0.3) is 5.09 Å². The van der Waals surface area contributed by atoms with E-state index in [1.165, 1.54) is 0 Å². The summed E-state index contributed by atoms with van der Waals surface area (Å²) in [7, 11) is 0. The molecule has 1 fully saturated rings. The van der Waals surface area contributed by atoms with Crippen molar-refractivity contribution >= 4 is 0 Å².